The number of aliphatic hydroxyl groups is 1. The van der Waals surface area contributed by atoms with Crippen molar-refractivity contribution in [2.45, 2.75) is 37.5 Å². The lowest BCUT2D eigenvalue weighted by Crippen LogP contribution is -2.39. The molecule has 0 aromatic heterocycles. The summed E-state index contributed by atoms with van der Waals surface area (Å²) in [4.78, 5) is 5.38. The number of rotatable bonds is 2. The molecule has 0 aromatic carbocycles. The van der Waals surface area contributed by atoms with E-state index in [0.717, 1.165) is 12.8 Å². The van der Waals surface area contributed by atoms with Crippen LogP contribution in [0.2, 0.25) is 0 Å². The van der Waals surface area contributed by atoms with Crippen LogP contribution in [0.4, 0.5) is 0 Å². The van der Waals surface area contributed by atoms with Gasteiger partial charge in [0.15, 0.2) is 0 Å². The summed E-state index contributed by atoms with van der Waals surface area (Å²) >= 11 is 0. The maximum Gasteiger partial charge on any atom is 0.0958 e. The molecule has 2 unspecified atom stereocenters. The van der Waals surface area contributed by atoms with Gasteiger partial charge in [0.2, 0.25) is 0 Å². The van der Waals surface area contributed by atoms with Gasteiger partial charge in [-0.05, 0) is 19.3 Å². The molecule has 0 radical (unpaired) electrons. The molecular weight excluding hydrogens is 170 g/mol. The van der Waals surface area contributed by atoms with Crippen LogP contribution < -0.4 is 0 Å². The largest absolute Gasteiger partial charge is 0.389 e. The number of aliphatic hydroxyl groups excluding tert-OH is 1. The highest BCUT2D eigenvalue weighted by Crippen LogP contribution is 2.28. The zero-order chi connectivity index (χ0) is 9.26. The number of hydroxylamine groups is 2. The number of methoxy groups -OCH3 is 1. The lowest BCUT2D eigenvalue weighted by Gasteiger charge is -2.26. The minimum Gasteiger partial charge on any atom is -0.389 e. The Morgan fingerprint density at radius 1 is 1.46 bits per heavy atom. The first-order chi connectivity index (χ1) is 6.31. The van der Waals surface area contributed by atoms with Gasteiger partial charge in [-0.1, -0.05) is 0 Å². The predicted octanol–water partition coefficient (Wildman–Crippen LogP) is 0.162. The highest BCUT2D eigenvalue weighted by Gasteiger charge is 2.36. The third-order valence-electron chi connectivity index (χ3n) is 2.91. The van der Waals surface area contributed by atoms with Gasteiger partial charge in [-0.25, -0.2) is 0 Å². The van der Waals surface area contributed by atoms with Gasteiger partial charge in [0.05, 0.1) is 31.4 Å². The second kappa shape index (κ2) is 3.92. The van der Waals surface area contributed by atoms with Gasteiger partial charge in [0.1, 0.15) is 0 Å². The molecule has 13 heavy (non-hydrogen) atoms. The van der Waals surface area contributed by atoms with Crippen molar-refractivity contribution in [2.24, 2.45) is 0 Å². The Morgan fingerprint density at radius 3 is 2.92 bits per heavy atom. The van der Waals surface area contributed by atoms with Crippen LogP contribution in [0.15, 0.2) is 0 Å². The van der Waals surface area contributed by atoms with Gasteiger partial charge >= 0.3 is 0 Å². The molecule has 0 bridgehead atoms. The highest BCUT2D eigenvalue weighted by molar-refractivity contribution is 4.85. The quantitative estimate of drug-likeness (QED) is 0.668. The van der Waals surface area contributed by atoms with Crippen molar-refractivity contribution in [3.8, 4) is 0 Å². The Morgan fingerprint density at radius 2 is 2.31 bits per heavy atom. The third-order valence-corrected chi connectivity index (χ3v) is 2.91. The summed E-state index contributed by atoms with van der Waals surface area (Å²) in [7, 11) is 1.75. The summed E-state index contributed by atoms with van der Waals surface area (Å²) < 4.78 is 5.37. The van der Waals surface area contributed by atoms with E-state index in [-0.39, 0.29) is 12.2 Å². The molecule has 1 aliphatic heterocycles. The molecule has 1 saturated heterocycles. The SMILES string of the molecule is COC1CCCC1N1C[C@@H](O)CO1. The normalized spacial score (nSPS) is 41.5. The lowest BCUT2D eigenvalue weighted by atomic mass is 10.2. The van der Waals surface area contributed by atoms with Crippen molar-refractivity contribution in [2.75, 3.05) is 20.3 Å². The molecule has 4 nitrogen and oxygen atoms in total. The molecule has 1 saturated carbocycles. The van der Waals surface area contributed by atoms with E-state index in [0.29, 0.717) is 19.2 Å². The molecule has 2 aliphatic rings. The topological polar surface area (TPSA) is 41.9 Å². The molecule has 0 aromatic rings. The smallest absolute Gasteiger partial charge is 0.0958 e. The molecule has 1 N–H and O–H groups in total. The molecular formula is C9H17NO3. The Hall–Kier alpha value is -0.160. The molecule has 2 fully saturated rings. The monoisotopic (exact) mass is 187 g/mol. The van der Waals surface area contributed by atoms with Crippen LogP contribution in [0.5, 0.6) is 0 Å². The van der Waals surface area contributed by atoms with E-state index in [4.69, 9.17) is 9.57 Å². The Bertz CT molecular complexity index is 176. The summed E-state index contributed by atoms with van der Waals surface area (Å²) in [5.41, 5.74) is 0. The van der Waals surface area contributed by atoms with Crippen LogP contribution in [0, 0.1) is 0 Å². The maximum absolute atomic E-state index is 9.31. The molecule has 4 heteroatoms. The van der Waals surface area contributed by atoms with Crippen molar-refractivity contribution in [1.29, 1.82) is 0 Å². The Labute approximate surface area is 78.4 Å². The second-order valence-corrected chi connectivity index (χ2v) is 3.82. The standard InChI is InChI=1S/C9H17NO3/c1-12-9-4-2-3-8(9)10-5-7(11)6-13-10/h7-9,11H,2-6H2,1H3/t7-,8?,9?/m1/s1. The predicted molar refractivity (Wildman–Crippen MR) is 47.1 cm³/mol. The average Bonchev–Trinajstić information content (AvgIpc) is 2.71. The van der Waals surface area contributed by atoms with Crippen molar-refractivity contribution in [3.05, 3.63) is 0 Å². The van der Waals surface area contributed by atoms with E-state index in [1.54, 1.807) is 7.11 Å². The van der Waals surface area contributed by atoms with E-state index < -0.39 is 0 Å². The molecule has 2 rings (SSSR count). The minimum atomic E-state index is -0.321. The summed E-state index contributed by atoms with van der Waals surface area (Å²) in [6, 6.07) is 0.349. The zero-order valence-corrected chi connectivity index (χ0v) is 7.98. The second-order valence-electron chi connectivity index (χ2n) is 3.82. The van der Waals surface area contributed by atoms with Gasteiger partial charge in [0.25, 0.3) is 0 Å². The number of hydrogen-bond acceptors (Lipinski definition) is 4. The van der Waals surface area contributed by atoms with Crippen LogP contribution >= 0.6 is 0 Å². The fourth-order valence-electron chi connectivity index (χ4n) is 2.24. The molecule has 1 heterocycles. The van der Waals surface area contributed by atoms with Crippen molar-refractivity contribution >= 4 is 0 Å². The maximum atomic E-state index is 9.31. The molecule has 76 valence electrons. The zero-order valence-electron chi connectivity index (χ0n) is 7.98. The van der Waals surface area contributed by atoms with E-state index in [9.17, 15) is 5.11 Å². The van der Waals surface area contributed by atoms with E-state index in [1.165, 1.54) is 6.42 Å². The molecule has 1 aliphatic carbocycles. The fourth-order valence-corrected chi connectivity index (χ4v) is 2.24. The van der Waals surface area contributed by atoms with Gasteiger partial charge in [-0.2, -0.15) is 5.06 Å². The lowest BCUT2D eigenvalue weighted by molar-refractivity contribution is -0.162. The summed E-state index contributed by atoms with van der Waals surface area (Å²) in [6.45, 7) is 1.07. The fraction of sp³-hybridized carbons (Fsp3) is 1.00. The van der Waals surface area contributed by atoms with Crippen LogP contribution in [0.1, 0.15) is 19.3 Å². The van der Waals surface area contributed by atoms with Gasteiger partial charge in [-0.15, -0.1) is 0 Å². The molecule has 0 amide bonds. The Kier molecular flexibility index (Phi) is 2.83. The first-order valence-electron chi connectivity index (χ1n) is 4.91. The minimum absolute atomic E-state index is 0.283. The van der Waals surface area contributed by atoms with E-state index in [1.807, 2.05) is 5.06 Å². The van der Waals surface area contributed by atoms with Crippen LogP contribution in [0.3, 0.4) is 0 Å². The number of β-amino-alcohol motifs (C(OH)–C–C–N with tert-alkyl or cyclic N) is 1. The van der Waals surface area contributed by atoms with Gasteiger partial charge in [-0.3, -0.25) is 4.84 Å². The van der Waals surface area contributed by atoms with Crippen molar-refractivity contribution in [3.63, 3.8) is 0 Å². The average molecular weight is 187 g/mol. The first-order valence-corrected chi connectivity index (χ1v) is 4.91. The van der Waals surface area contributed by atoms with Gasteiger partial charge < -0.3 is 9.84 Å². The summed E-state index contributed by atoms with van der Waals surface area (Å²) in [5, 5.41) is 11.2. The van der Waals surface area contributed by atoms with Crippen LogP contribution in [-0.4, -0.2) is 48.7 Å². The first kappa shape index (κ1) is 9.40. The third kappa shape index (κ3) is 1.86. The van der Waals surface area contributed by atoms with Crippen LogP contribution in [0.25, 0.3) is 0 Å². The number of ether oxygens (including phenoxy) is 1. The van der Waals surface area contributed by atoms with E-state index >= 15 is 0 Å². The highest BCUT2D eigenvalue weighted by atomic mass is 16.7. The number of hydrogen-bond donors (Lipinski definition) is 1. The van der Waals surface area contributed by atoms with Gasteiger partial charge in [0, 0.05) is 7.11 Å². The summed E-state index contributed by atoms with van der Waals surface area (Å²) in [5.74, 6) is 0. The number of nitrogens with zero attached hydrogens (tertiary/aromatic N) is 1. The molecule has 3 atom stereocenters. The molecule has 0 spiro atoms. The van der Waals surface area contributed by atoms with Crippen molar-refractivity contribution < 1.29 is 14.7 Å². The van der Waals surface area contributed by atoms with Crippen molar-refractivity contribution in [1.82, 2.24) is 5.06 Å². The van der Waals surface area contributed by atoms with Crippen LogP contribution in [-0.2, 0) is 9.57 Å². The summed E-state index contributed by atoms with van der Waals surface area (Å²) in [6.07, 6.45) is 3.38. The Balaban J connectivity index is 1.92. The van der Waals surface area contributed by atoms with E-state index in [2.05, 4.69) is 0 Å².